The van der Waals surface area contributed by atoms with Gasteiger partial charge in [0.15, 0.2) is 5.13 Å². The fraction of sp³-hybridized carbons (Fsp3) is 0.115. The molecule has 4 aromatic rings. The Morgan fingerprint density at radius 3 is 2.33 bits per heavy atom. The van der Waals surface area contributed by atoms with Gasteiger partial charge in [-0.05, 0) is 49.2 Å². The smallest absolute Gasteiger partial charge is 0.301 e. The van der Waals surface area contributed by atoms with Crippen molar-refractivity contribution >= 4 is 55.7 Å². The van der Waals surface area contributed by atoms with Gasteiger partial charge in [-0.2, -0.15) is 0 Å². The highest BCUT2D eigenvalue weighted by atomic mass is 35.5. The lowest BCUT2D eigenvalue weighted by Crippen LogP contribution is -2.29. The predicted molar refractivity (Wildman–Crippen MR) is 132 cm³/mol. The highest BCUT2D eigenvalue weighted by Crippen LogP contribution is 2.44. The zero-order valence-electron chi connectivity index (χ0n) is 17.9. The molecule has 5 nitrogen and oxygen atoms in total. The van der Waals surface area contributed by atoms with Crippen LogP contribution in [0.4, 0.5) is 5.13 Å². The summed E-state index contributed by atoms with van der Waals surface area (Å²) < 4.78 is 0.917. The monoisotopic (exact) mass is 474 g/mol. The molecule has 0 bridgehead atoms. The van der Waals surface area contributed by atoms with Crippen LogP contribution in [0.25, 0.3) is 16.0 Å². The zero-order chi connectivity index (χ0) is 23.3. The van der Waals surface area contributed by atoms with Crippen molar-refractivity contribution in [3.63, 3.8) is 0 Å². The number of aromatic nitrogens is 1. The van der Waals surface area contributed by atoms with Crippen molar-refractivity contribution in [1.29, 1.82) is 0 Å². The second kappa shape index (κ2) is 8.14. The molecule has 0 radical (unpaired) electrons. The average Bonchev–Trinajstić information content (AvgIpc) is 3.32. The SMILES string of the molecule is Cc1ccc(C(O)=C2C(=O)C(=O)N(c3nc4ccc(C)cc4s3)C2c2ccc(Cl)cc2)cc1. The number of benzene rings is 3. The van der Waals surface area contributed by atoms with E-state index in [-0.39, 0.29) is 11.3 Å². The van der Waals surface area contributed by atoms with E-state index in [2.05, 4.69) is 4.98 Å². The summed E-state index contributed by atoms with van der Waals surface area (Å²) in [5.74, 6) is -1.68. The molecule has 1 unspecified atom stereocenters. The minimum atomic E-state index is -0.828. The van der Waals surface area contributed by atoms with E-state index in [1.165, 1.54) is 16.2 Å². The van der Waals surface area contributed by atoms with E-state index in [0.717, 1.165) is 21.3 Å². The quantitative estimate of drug-likeness (QED) is 0.218. The number of aliphatic hydroxyl groups is 1. The number of halogens is 1. The Kier molecular flexibility index (Phi) is 5.27. The second-order valence-electron chi connectivity index (χ2n) is 8.05. The molecule has 1 saturated heterocycles. The normalized spacial score (nSPS) is 17.8. The van der Waals surface area contributed by atoms with Gasteiger partial charge in [-0.3, -0.25) is 14.5 Å². The van der Waals surface area contributed by atoms with E-state index >= 15 is 0 Å². The fourth-order valence-electron chi connectivity index (χ4n) is 3.98. The van der Waals surface area contributed by atoms with Crippen LogP contribution in [-0.4, -0.2) is 21.8 Å². The third-order valence-corrected chi connectivity index (χ3v) is 6.96. The third-order valence-electron chi connectivity index (χ3n) is 5.69. The van der Waals surface area contributed by atoms with Gasteiger partial charge < -0.3 is 5.11 Å². The van der Waals surface area contributed by atoms with Gasteiger partial charge in [0.1, 0.15) is 5.76 Å². The van der Waals surface area contributed by atoms with E-state index < -0.39 is 17.7 Å². The molecule has 0 spiro atoms. The van der Waals surface area contributed by atoms with Crippen molar-refractivity contribution in [2.75, 3.05) is 4.90 Å². The van der Waals surface area contributed by atoms with Gasteiger partial charge in [0.25, 0.3) is 5.78 Å². The van der Waals surface area contributed by atoms with E-state index in [1.807, 2.05) is 44.2 Å². The Labute approximate surface area is 199 Å². The number of anilines is 1. The molecule has 5 rings (SSSR count). The van der Waals surface area contributed by atoms with Crippen molar-refractivity contribution in [3.05, 3.63) is 99.6 Å². The van der Waals surface area contributed by atoms with Crippen molar-refractivity contribution in [2.24, 2.45) is 0 Å². The van der Waals surface area contributed by atoms with Gasteiger partial charge >= 0.3 is 5.91 Å². The summed E-state index contributed by atoms with van der Waals surface area (Å²) in [6.45, 7) is 3.92. The maximum atomic E-state index is 13.3. The number of thiazole rings is 1. The largest absolute Gasteiger partial charge is 0.507 e. The number of hydrogen-bond donors (Lipinski definition) is 1. The van der Waals surface area contributed by atoms with Crippen LogP contribution in [0.15, 0.2) is 72.3 Å². The van der Waals surface area contributed by atoms with Crippen LogP contribution in [0.2, 0.25) is 5.02 Å². The lowest BCUT2D eigenvalue weighted by Gasteiger charge is -2.23. The van der Waals surface area contributed by atoms with Gasteiger partial charge in [-0.15, -0.1) is 0 Å². The van der Waals surface area contributed by atoms with Crippen molar-refractivity contribution in [1.82, 2.24) is 4.98 Å². The van der Waals surface area contributed by atoms with Crippen LogP contribution in [-0.2, 0) is 9.59 Å². The first-order valence-electron chi connectivity index (χ1n) is 10.3. The molecular weight excluding hydrogens is 456 g/mol. The number of fused-ring (bicyclic) bond motifs is 1. The first-order chi connectivity index (χ1) is 15.8. The molecule has 7 heteroatoms. The van der Waals surface area contributed by atoms with Gasteiger partial charge in [0.05, 0.1) is 21.8 Å². The zero-order valence-corrected chi connectivity index (χ0v) is 19.4. The van der Waals surface area contributed by atoms with Gasteiger partial charge in [0, 0.05) is 10.6 Å². The Morgan fingerprint density at radius 2 is 1.64 bits per heavy atom. The molecule has 1 aliphatic heterocycles. The number of ketones is 1. The van der Waals surface area contributed by atoms with Crippen LogP contribution in [0.5, 0.6) is 0 Å². The molecule has 33 heavy (non-hydrogen) atoms. The average molecular weight is 475 g/mol. The summed E-state index contributed by atoms with van der Waals surface area (Å²) in [4.78, 5) is 32.5. The topological polar surface area (TPSA) is 70.5 Å². The van der Waals surface area contributed by atoms with Crippen LogP contribution in [0.1, 0.15) is 28.3 Å². The number of carbonyl (C=O) groups is 2. The van der Waals surface area contributed by atoms with Gasteiger partial charge in [0.2, 0.25) is 0 Å². The maximum Gasteiger partial charge on any atom is 0.301 e. The summed E-state index contributed by atoms with van der Waals surface area (Å²) in [5.41, 5.74) is 4.00. The molecule has 1 aliphatic rings. The molecule has 0 saturated carbocycles. The van der Waals surface area contributed by atoms with Crippen LogP contribution in [0, 0.1) is 13.8 Å². The maximum absolute atomic E-state index is 13.3. The first-order valence-corrected chi connectivity index (χ1v) is 11.5. The number of nitrogens with zero attached hydrogens (tertiary/aromatic N) is 2. The lowest BCUT2D eigenvalue weighted by atomic mass is 9.95. The summed E-state index contributed by atoms with van der Waals surface area (Å²) in [5, 5.41) is 12.1. The third kappa shape index (κ3) is 3.71. The number of carbonyl (C=O) groups excluding carboxylic acids is 2. The van der Waals surface area contributed by atoms with Crippen LogP contribution >= 0.6 is 22.9 Å². The van der Waals surface area contributed by atoms with Crippen LogP contribution in [0.3, 0.4) is 0 Å². The lowest BCUT2D eigenvalue weighted by molar-refractivity contribution is -0.132. The second-order valence-corrected chi connectivity index (χ2v) is 9.50. The number of Topliss-reactive ketones (excluding diaryl/α,β-unsaturated/α-hetero) is 1. The molecule has 1 N–H and O–H groups in total. The molecule has 1 aromatic heterocycles. The Bertz CT molecular complexity index is 1440. The number of hydrogen-bond acceptors (Lipinski definition) is 5. The number of aryl methyl sites for hydroxylation is 2. The highest BCUT2D eigenvalue weighted by Gasteiger charge is 2.48. The fourth-order valence-corrected chi connectivity index (χ4v) is 5.20. The van der Waals surface area contributed by atoms with E-state index in [9.17, 15) is 14.7 Å². The number of rotatable bonds is 3. The number of aliphatic hydroxyl groups excluding tert-OH is 1. The van der Waals surface area contributed by atoms with Crippen molar-refractivity contribution in [2.45, 2.75) is 19.9 Å². The number of amides is 1. The minimum absolute atomic E-state index is 0.0293. The van der Waals surface area contributed by atoms with E-state index in [0.29, 0.717) is 21.3 Å². The molecular formula is C26H19ClN2O3S. The standard InChI is InChI=1S/C26H19ClN2O3S/c1-14-3-6-17(7-4-14)23(30)21-22(16-8-10-18(27)11-9-16)29(25(32)24(21)31)26-28-19-12-5-15(2)13-20(19)33-26/h3-13,22,30H,1-2H3. The van der Waals surface area contributed by atoms with Crippen LogP contribution < -0.4 is 4.90 Å². The van der Waals surface area contributed by atoms with Gasteiger partial charge in [-0.1, -0.05) is 71.0 Å². The highest BCUT2D eigenvalue weighted by molar-refractivity contribution is 7.22. The Morgan fingerprint density at radius 1 is 0.970 bits per heavy atom. The summed E-state index contributed by atoms with van der Waals surface area (Å²) >= 11 is 7.43. The first kappa shape index (κ1) is 21.4. The molecule has 0 aliphatic carbocycles. The van der Waals surface area contributed by atoms with Crippen molar-refractivity contribution < 1.29 is 14.7 Å². The molecule has 3 aromatic carbocycles. The van der Waals surface area contributed by atoms with Gasteiger partial charge in [-0.25, -0.2) is 4.98 Å². The summed E-state index contributed by atoms with van der Waals surface area (Å²) in [7, 11) is 0. The molecule has 1 fully saturated rings. The minimum Gasteiger partial charge on any atom is -0.507 e. The molecule has 164 valence electrons. The molecule has 1 atom stereocenters. The predicted octanol–water partition coefficient (Wildman–Crippen LogP) is 6.19. The molecule has 2 heterocycles. The molecule has 1 amide bonds. The Balaban J connectivity index is 1.73. The Hall–Kier alpha value is -3.48. The van der Waals surface area contributed by atoms with E-state index in [4.69, 9.17) is 11.6 Å². The summed E-state index contributed by atoms with van der Waals surface area (Å²) in [6.07, 6.45) is 0. The van der Waals surface area contributed by atoms with Crippen molar-refractivity contribution in [3.8, 4) is 0 Å². The van der Waals surface area contributed by atoms with E-state index in [1.54, 1.807) is 36.4 Å². The summed E-state index contributed by atoms with van der Waals surface area (Å²) in [6, 6.07) is 19.1.